The molecule has 11 nitrogen and oxygen atoms in total. The van der Waals surface area contributed by atoms with E-state index < -0.39 is 23.8 Å². The summed E-state index contributed by atoms with van der Waals surface area (Å²) in [4.78, 5) is 60.1. The molecule has 1 aliphatic carbocycles. The van der Waals surface area contributed by atoms with Crippen LogP contribution in [0.4, 0.5) is 5.69 Å². The fraction of sp³-hybridized carbons (Fsp3) is 0.344. The SMILES string of the molecule is O=C1CCC(N2C(=O)c3ccc(NCC4CCC(Cn5cc(-c6cnc7ccccc7n6)cn5)CC4)cc3C2=O)C(=O)N1. The highest BCUT2D eigenvalue weighted by Crippen LogP contribution is 2.32. The van der Waals surface area contributed by atoms with Gasteiger partial charge in [-0.15, -0.1) is 0 Å². The fourth-order valence-electron chi connectivity index (χ4n) is 6.42. The van der Waals surface area contributed by atoms with Crippen molar-refractivity contribution in [2.45, 2.75) is 51.1 Å². The van der Waals surface area contributed by atoms with E-state index in [9.17, 15) is 19.2 Å². The summed E-state index contributed by atoms with van der Waals surface area (Å²) < 4.78 is 2.01. The summed E-state index contributed by atoms with van der Waals surface area (Å²) in [6.07, 6.45) is 10.3. The van der Waals surface area contributed by atoms with E-state index in [2.05, 4.69) is 20.7 Å². The molecule has 0 bridgehead atoms. The summed E-state index contributed by atoms with van der Waals surface area (Å²) in [5.41, 5.74) is 4.88. The number of nitrogens with one attached hydrogen (secondary N) is 2. The van der Waals surface area contributed by atoms with Crippen LogP contribution in [0.15, 0.2) is 61.1 Å². The first-order valence-electron chi connectivity index (χ1n) is 14.8. The Morgan fingerprint density at radius 2 is 1.63 bits per heavy atom. The number of fused-ring (bicyclic) bond motifs is 2. The van der Waals surface area contributed by atoms with E-state index in [4.69, 9.17) is 4.98 Å². The molecule has 2 aliphatic heterocycles. The van der Waals surface area contributed by atoms with E-state index in [-0.39, 0.29) is 29.9 Å². The van der Waals surface area contributed by atoms with E-state index >= 15 is 0 Å². The second-order valence-corrected chi connectivity index (χ2v) is 11.7. The molecule has 1 saturated carbocycles. The van der Waals surface area contributed by atoms with E-state index in [1.807, 2.05) is 41.3 Å². The first-order valence-corrected chi connectivity index (χ1v) is 14.8. The summed E-state index contributed by atoms with van der Waals surface area (Å²) in [6.45, 7) is 1.64. The largest absolute Gasteiger partial charge is 0.385 e. The molecule has 4 aromatic rings. The average molecular weight is 578 g/mol. The number of hydrogen-bond donors (Lipinski definition) is 2. The van der Waals surface area contributed by atoms with Crippen LogP contribution in [0.3, 0.4) is 0 Å². The molecule has 218 valence electrons. The van der Waals surface area contributed by atoms with Crippen molar-refractivity contribution in [2.24, 2.45) is 11.8 Å². The summed E-state index contributed by atoms with van der Waals surface area (Å²) in [5, 5.41) is 10.3. The molecule has 0 radical (unpaired) electrons. The molecular weight excluding hydrogens is 546 g/mol. The smallest absolute Gasteiger partial charge is 0.262 e. The summed E-state index contributed by atoms with van der Waals surface area (Å²) in [7, 11) is 0. The zero-order valence-electron chi connectivity index (χ0n) is 23.5. The molecule has 3 aliphatic rings. The Balaban J connectivity index is 0.917. The monoisotopic (exact) mass is 577 g/mol. The van der Waals surface area contributed by atoms with Crippen molar-refractivity contribution in [2.75, 3.05) is 11.9 Å². The number of para-hydroxylation sites is 2. The number of carbonyl (C=O) groups excluding carboxylic acids is 4. The summed E-state index contributed by atoms with van der Waals surface area (Å²) in [6, 6.07) is 12.0. The van der Waals surface area contributed by atoms with Crippen LogP contribution in [0, 0.1) is 11.8 Å². The highest BCUT2D eigenvalue weighted by Gasteiger charge is 2.44. The molecule has 1 saturated heterocycles. The van der Waals surface area contributed by atoms with E-state index in [0.717, 1.165) is 71.7 Å². The number of benzene rings is 2. The van der Waals surface area contributed by atoms with Gasteiger partial charge >= 0.3 is 0 Å². The van der Waals surface area contributed by atoms with Crippen molar-refractivity contribution in [1.82, 2.24) is 30.0 Å². The molecule has 2 aromatic heterocycles. The van der Waals surface area contributed by atoms with Gasteiger partial charge in [0.15, 0.2) is 0 Å². The molecule has 0 spiro atoms. The lowest BCUT2D eigenvalue weighted by molar-refractivity contribution is -0.136. The van der Waals surface area contributed by atoms with E-state index in [1.165, 1.54) is 0 Å². The zero-order valence-corrected chi connectivity index (χ0v) is 23.5. The van der Waals surface area contributed by atoms with E-state index in [1.54, 1.807) is 24.4 Å². The maximum Gasteiger partial charge on any atom is 0.262 e. The van der Waals surface area contributed by atoms with Crippen molar-refractivity contribution in [3.05, 3.63) is 72.2 Å². The molecule has 4 amide bonds. The molecule has 11 heteroatoms. The van der Waals surface area contributed by atoms with Crippen LogP contribution in [0.2, 0.25) is 0 Å². The number of rotatable bonds is 7. The minimum absolute atomic E-state index is 0.0996. The fourth-order valence-corrected chi connectivity index (χ4v) is 6.42. The van der Waals surface area contributed by atoms with Gasteiger partial charge in [0.1, 0.15) is 6.04 Å². The number of amides is 4. The van der Waals surface area contributed by atoms with E-state index in [0.29, 0.717) is 11.8 Å². The molecule has 2 aromatic carbocycles. The van der Waals surface area contributed by atoms with Crippen LogP contribution in [0.25, 0.3) is 22.3 Å². The Kier molecular flexibility index (Phi) is 6.92. The standard InChI is InChI=1S/C32H31N7O4/c40-29-12-11-28(30(41)37-29)39-31(42)23-10-9-22(13-24(23)32(39)43)33-14-19-5-7-20(8-6-19)17-38-18-21(15-35-38)27-16-34-25-3-1-2-4-26(25)36-27/h1-4,9-10,13,15-16,18-20,28,33H,5-8,11-12,14,17H2,(H,37,40,41). The van der Waals surface area contributed by atoms with Gasteiger partial charge in [0.2, 0.25) is 11.8 Å². The normalized spacial score (nSPS) is 22.1. The predicted molar refractivity (Wildman–Crippen MR) is 158 cm³/mol. The van der Waals surface area contributed by atoms with Crippen molar-refractivity contribution >= 4 is 40.3 Å². The van der Waals surface area contributed by atoms with Crippen LogP contribution in [-0.4, -0.2) is 60.9 Å². The molecule has 7 rings (SSSR count). The lowest BCUT2D eigenvalue weighted by atomic mass is 9.82. The first-order chi connectivity index (χ1) is 20.9. The lowest BCUT2D eigenvalue weighted by Crippen LogP contribution is -2.54. The third kappa shape index (κ3) is 5.26. The van der Waals surface area contributed by atoms with Gasteiger partial charge in [-0.25, -0.2) is 4.98 Å². The Morgan fingerprint density at radius 3 is 2.44 bits per heavy atom. The number of imide groups is 2. The first kappa shape index (κ1) is 26.9. The van der Waals surface area contributed by atoms with Crippen LogP contribution in [0.1, 0.15) is 59.2 Å². The summed E-state index contributed by atoms with van der Waals surface area (Å²) in [5.74, 6) is -0.924. The van der Waals surface area contributed by atoms with Crippen molar-refractivity contribution in [3.8, 4) is 11.3 Å². The zero-order chi connectivity index (χ0) is 29.5. The highest BCUT2D eigenvalue weighted by molar-refractivity contribution is 6.23. The van der Waals surface area contributed by atoms with Gasteiger partial charge in [-0.2, -0.15) is 5.10 Å². The number of carbonyl (C=O) groups is 4. The van der Waals surface area contributed by atoms with Crippen molar-refractivity contribution < 1.29 is 19.2 Å². The van der Waals surface area contributed by atoms with Gasteiger partial charge in [-0.3, -0.25) is 39.1 Å². The summed E-state index contributed by atoms with van der Waals surface area (Å²) >= 11 is 0. The Hall–Kier alpha value is -4.93. The van der Waals surface area contributed by atoms with Gasteiger partial charge in [0.05, 0.1) is 40.2 Å². The number of aromatic nitrogens is 4. The molecular formula is C32H31N7O4. The topological polar surface area (TPSA) is 139 Å². The molecule has 43 heavy (non-hydrogen) atoms. The number of piperidine rings is 1. The average Bonchev–Trinajstić information content (AvgIpc) is 3.58. The van der Waals surface area contributed by atoms with Gasteiger partial charge in [0, 0.05) is 37.0 Å². The van der Waals surface area contributed by atoms with Gasteiger partial charge in [0.25, 0.3) is 11.8 Å². The third-order valence-electron chi connectivity index (χ3n) is 8.82. The quantitative estimate of drug-likeness (QED) is 0.316. The molecule has 2 N–H and O–H groups in total. The van der Waals surface area contributed by atoms with Crippen LogP contribution >= 0.6 is 0 Å². The number of anilines is 1. The second kappa shape index (κ2) is 11.0. The molecule has 1 atom stereocenters. The number of hydrogen-bond acceptors (Lipinski definition) is 8. The Labute approximate surface area is 247 Å². The van der Waals surface area contributed by atoms with Gasteiger partial charge in [-0.1, -0.05) is 12.1 Å². The lowest BCUT2D eigenvalue weighted by Gasteiger charge is -2.29. The Bertz CT molecular complexity index is 1760. The van der Waals surface area contributed by atoms with Crippen LogP contribution in [-0.2, 0) is 16.1 Å². The van der Waals surface area contributed by atoms with Gasteiger partial charge in [-0.05, 0) is 74.3 Å². The predicted octanol–water partition coefficient (Wildman–Crippen LogP) is 3.81. The van der Waals surface area contributed by atoms with Crippen molar-refractivity contribution in [3.63, 3.8) is 0 Å². The maximum absolute atomic E-state index is 13.1. The molecule has 2 fully saturated rings. The van der Waals surface area contributed by atoms with Crippen LogP contribution in [0.5, 0.6) is 0 Å². The number of nitrogens with zero attached hydrogens (tertiary/aromatic N) is 5. The van der Waals surface area contributed by atoms with Crippen LogP contribution < -0.4 is 10.6 Å². The molecule has 1 unspecified atom stereocenters. The Morgan fingerprint density at radius 1 is 0.860 bits per heavy atom. The highest BCUT2D eigenvalue weighted by atomic mass is 16.2. The maximum atomic E-state index is 13.1. The minimum atomic E-state index is -0.961. The van der Waals surface area contributed by atoms with Gasteiger partial charge < -0.3 is 5.32 Å². The third-order valence-corrected chi connectivity index (χ3v) is 8.82. The molecule has 4 heterocycles. The van der Waals surface area contributed by atoms with Crippen molar-refractivity contribution in [1.29, 1.82) is 0 Å². The minimum Gasteiger partial charge on any atom is -0.385 e. The second-order valence-electron chi connectivity index (χ2n) is 11.7.